The Labute approximate surface area is 142 Å². The molecule has 0 aromatic heterocycles. The molecule has 0 unspecified atom stereocenters. The molecule has 0 atom stereocenters. The van der Waals surface area contributed by atoms with E-state index in [2.05, 4.69) is 0 Å². The maximum atomic E-state index is 13.0. The van der Waals surface area contributed by atoms with Crippen molar-refractivity contribution in [3.05, 3.63) is 65.5 Å². The number of benzene rings is 2. The zero-order chi connectivity index (χ0) is 16.9. The van der Waals surface area contributed by atoms with E-state index in [1.54, 1.807) is 19.2 Å². The van der Waals surface area contributed by atoms with Crippen molar-refractivity contribution in [3.63, 3.8) is 0 Å². The molecule has 0 N–H and O–H groups in total. The molecule has 1 aliphatic rings. The van der Waals surface area contributed by atoms with Crippen molar-refractivity contribution >= 4 is 5.91 Å². The van der Waals surface area contributed by atoms with Crippen molar-refractivity contribution in [2.45, 2.75) is 38.3 Å². The SMILES string of the molecule is COc1ccc(CCC(=O)N(Cc2ccc(F)cc2)C2CC2)cc1. The zero-order valence-electron chi connectivity index (χ0n) is 13.9. The van der Waals surface area contributed by atoms with Gasteiger partial charge in [-0.1, -0.05) is 24.3 Å². The second-order valence-corrected chi connectivity index (χ2v) is 6.23. The number of rotatable bonds is 7. The average molecular weight is 327 g/mol. The Bertz CT molecular complexity index is 678. The number of amides is 1. The maximum Gasteiger partial charge on any atom is 0.223 e. The van der Waals surface area contributed by atoms with Gasteiger partial charge in [0.2, 0.25) is 5.91 Å². The molecule has 3 nitrogen and oxygen atoms in total. The minimum atomic E-state index is -0.248. The van der Waals surface area contributed by atoms with Gasteiger partial charge >= 0.3 is 0 Å². The topological polar surface area (TPSA) is 29.5 Å². The lowest BCUT2D eigenvalue weighted by atomic mass is 10.1. The number of nitrogens with zero attached hydrogens (tertiary/aromatic N) is 1. The fourth-order valence-electron chi connectivity index (χ4n) is 2.78. The van der Waals surface area contributed by atoms with Gasteiger partial charge in [-0.2, -0.15) is 0 Å². The molecule has 1 fully saturated rings. The highest BCUT2D eigenvalue weighted by Crippen LogP contribution is 2.29. The van der Waals surface area contributed by atoms with Gasteiger partial charge in [-0.25, -0.2) is 4.39 Å². The minimum Gasteiger partial charge on any atom is -0.497 e. The lowest BCUT2D eigenvalue weighted by Crippen LogP contribution is -2.32. The van der Waals surface area contributed by atoms with E-state index >= 15 is 0 Å². The monoisotopic (exact) mass is 327 g/mol. The molecule has 24 heavy (non-hydrogen) atoms. The van der Waals surface area contributed by atoms with Crippen LogP contribution in [0.5, 0.6) is 5.75 Å². The average Bonchev–Trinajstić information content (AvgIpc) is 3.44. The first kappa shape index (κ1) is 16.5. The predicted octanol–water partition coefficient (Wildman–Crippen LogP) is 3.96. The van der Waals surface area contributed by atoms with Crippen molar-refractivity contribution in [2.24, 2.45) is 0 Å². The van der Waals surface area contributed by atoms with Gasteiger partial charge in [-0.15, -0.1) is 0 Å². The van der Waals surface area contributed by atoms with E-state index in [0.717, 1.165) is 36.1 Å². The van der Waals surface area contributed by atoms with Crippen LogP contribution >= 0.6 is 0 Å². The molecule has 0 heterocycles. The second kappa shape index (κ2) is 7.47. The van der Waals surface area contributed by atoms with Crippen LogP contribution in [-0.4, -0.2) is 24.0 Å². The lowest BCUT2D eigenvalue weighted by molar-refractivity contribution is -0.132. The van der Waals surface area contributed by atoms with Crippen LogP contribution in [-0.2, 0) is 17.8 Å². The molecule has 1 aliphatic carbocycles. The van der Waals surface area contributed by atoms with Crippen molar-refractivity contribution in [1.29, 1.82) is 0 Å². The van der Waals surface area contributed by atoms with Gasteiger partial charge in [0, 0.05) is 19.0 Å². The molecule has 3 rings (SSSR count). The van der Waals surface area contributed by atoms with Crippen LogP contribution in [0.1, 0.15) is 30.4 Å². The number of hydrogen-bond donors (Lipinski definition) is 0. The van der Waals surface area contributed by atoms with Gasteiger partial charge in [-0.3, -0.25) is 4.79 Å². The summed E-state index contributed by atoms with van der Waals surface area (Å²) >= 11 is 0. The van der Waals surface area contributed by atoms with E-state index in [4.69, 9.17) is 4.74 Å². The Hall–Kier alpha value is -2.36. The Morgan fingerprint density at radius 1 is 1.08 bits per heavy atom. The van der Waals surface area contributed by atoms with Gasteiger partial charge in [0.1, 0.15) is 11.6 Å². The van der Waals surface area contributed by atoms with E-state index in [1.165, 1.54) is 12.1 Å². The molecule has 126 valence electrons. The van der Waals surface area contributed by atoms with Crippen LogP contribution in [0, 0.1) is 5.82 Å². The van der Waals surface area contributed by atoms with Gasteiger partial charge in [-0.05, 0) is 54.7 Å². The minimum absolute atomic E-state index is 0.164. The van der Waals surface area contributed by atoms with E-state index in [9.17, 15) is 9.18 Å². The normalized spacial score (nSPS) is 13.6. The quantitative estimate of drug-likeness (QED) is 0.770. The van der Waals surface area contributed by atoms with Crippen molar-refractivity contribution in [1.82, 2.24) is 4.90 Å². The maximum absolute atomic E-state index is 13.0. The number of ether oxygens (including phenoxy) is 1. The third kappa shape index (κ3) is 4.34. The highest BCUT2D eigenvalue weighted by Gasteiger charge is 2.32. The van der Waals surface area contributed by atoms with Crippen molar-refractivity contribution in [2.75, 3.05) is 7.11 Å². The van der Waals surface area contributed by atoms with E-state index in [0.29, 0.717) is 19.0 Å². The summed E-state index contributed by atoms with van der Waals surface area (Å²) in [5.41, 5.74) is 2.10. The first-order chi connectivity index (χ1) is 11.7. The van der Waals surface area contributed by atoms with Crippen LogP contribution in [0.3, 0.4) is 0 Å². The summed E-state index contributed by atoms with van der Waals surface area (Å²) in [6.45, 7) is 0.562. The van der Waals surface area contributed by atoms with Crippen LogP contribution < -0.4 is 4.74 Å². The number of halogens is 1. The summed E-state index contributed by atoms with van der Waals surface area (Å²) in [4.78, 5) is 14.6. The molecule has 0 aliphatic heterocycles. The number of methoxy groups -OCH3 is 1. The molecule has 0 spiro atoms. The third-order valence-electron chi connectivity index (χ3n) is 4.36. The zero-order valence-corrected chi connectivity index (χ0v) is 13.9. The third-order valence-corrected chi connectivity index (χ3v) is 4.36. The number of hydrogen-bond acceptors (Lipinski definition) is 2. The number of carbonyl (C=O) groups excluding carboxylic acids is 1. The molecule has 4 heteroatoms. The summed E-state index contributed by atoms with van der Waals surface area (Å²) in [6.07, 6.45) is 3.34. The number of carbonyl (C=O) groups is 1. The first-order valence-corrected chi connectivity index (χ1v) is 8.32. The summed E-state index contributed by atoms with van der Waals surface area (Å²) in [6, 6.07) is 14.6. The first-order valence-electron chi connectivity index (χ1n) is 8.32. The largest absolute Gasteiger partial charge is 0.497 e. The molecule has 1 saturated carbocycles. The van der Waals surface area contributed by atoms with Crippen LogP contribution in [0.25, 0.3) is 0 Å². The molecule has 2 aromatic carbocycles. The van der Waals surface area contributed by atoms with Crippen LogP contribution in [0.15, 0.2) is 48.5 Å². The Kier molecular flexibility index (Phi) is 5.14. The van der Waals surface area contributed by atoms with E-state index in [-0.39, 0.29) is 11.7 Å². The molecular weight excluding hydrogens is 305 g/mol. The summed E-state index contributed by atoms with van der Waals surface area (Å²) < 4.78 is 18.2. The fraction of sp³-hybridized carbons (Fsp3) is 0.350. The molecule has 0 bridgehead atoms. The Morgan fingerprint density at radius 2 is 1.71 bits per heavy atom. The van der Waals surface area contributed by atoms with Gasteiger partial charge in [0.25, 0.3) is 0 Å². The van der Waals surface area contributed by atoms with Crippen molar-refractivity contribution in [3.8, 4) is 5.75 Å². The highest BCUT2D eigenvalue weighted by atomic mass is 19.1. The van der Waals surface area contributed by atoms with E-state index in [1.807, 2.05) is 29.2 Å². The fourth-order valence-corrected chi connectivity index (χ4v) is 2.78. The van der Waals surface area contributed by atoms with Gasteiger partial charge < -0.3 is 9.64 Å². The smallest absolute Gasteiger partial charge is 0.223 e. The summed E-state index contributed by atoms with van der Waals surface area (Å²) in [5, 5.41) is 0. The Morgan fingerprint density at radius 3 is 2.29 bits per heavy atom. The highest BCUT2D eigenvalue weighted by molar-refractivity contribution is 5.77. The van der Waals surface area contributed by atoms with Crippen LogP contribution in [0.2, 0.25) is 0 Å². The van der Waals surface area contributed by atoms with Crippen LogP contribution in [0.4, 0.5) is 4.39 Å². The Balaban J connectivity index is 1.58. The standard InChI is InChI=1S/C20H22FNO2/c1-24-19-11-4-15(5-12-19)6-13-20(23)22(18-9-10-18)14-16-2-7-17(21)8-3-16/h2-5,7-8,11-12,18H,6,9-10,13-14H2,1H3. The lowest BCUT2D eigenvalue weighted by Gasteiger charge is -2.22. The predicted molar refractivity (Wildman–Crippen MR) is 91.3 cm³/mol. The summed E-state index contributed by atoms with van der Waals surface area (Å²) in [5.74, 6) is 0.737. The van der Waals surface area contributed by atoms with Gasteiger partial charge in [0.05, 0.1) is 7.11 Å². The van der Waals surface area contributed by atoms with Gasteiger partial charge in [0.15, 0.2) is 0 Å². The molecular formula is C20H22FNO2. The molecule has 2 aromatic rings. The number of aryl methyl sites for hydroxylation is 1. The molecule has 0 radical (unpaired) electrons. The molecule has 1 amide bonds. The van der Waals surface area contributed by atoms with Crippen molar-refractivity contribution < 1.29 is 13.9 Å². The molecule has 0 saturated heterocycles. The second-order valence-electron chi connectivity index (χ2n) is 6.23. The van der Waals surface area contributed by atoms with E-state index < -0.39 is 0 Å². The summed E-state index contributed by atoms with van der Waals surface area (Å²) in [7, 11) is 1.64.